The second kappa shape index (κ2) is 8.29. The molecule has 1 aromatic carbocycles. The zero-order valence-electron chi connectivity index (χ0n) is 14.8. The van der Waals surface area contributed by atoms with Crippen molar-refractivity contribution in [3.05, 3.63) is 35.9 Å². The Morgan fingerprint density at radius 1 is 1.25 bits per heavy atom. The maximum atomic E-state index is 12.2. The van der Waals surface area contributed by atoms with Crippen LogP contribution in [0.1, 0.15) is 39.2 Å². The van der Waals surface area contributed by atoms with Gasteiger partial charge >= 0.3 is 6.09 Å². The number of benzene rings is 1. The number of ketones is 1. The number of morpholine rings is 1. The van der Waals surface area contributed by atoms with Crippen LogP contribution in [0, 0.1) is 0 Å². The van der Waals surface area contributed by atoms with Gasteiger partial charge < -0.3 is 14.4 Å². The van der Waals surface area contributed by atoms with E-state index in [1.165, 1.54) is 0 Å². The van der Waals surface area contributed by atoms with Crippen LogP contribution < -0.4 is 0 Å². The molecule has 0 saturated carbocycles. The van der Waals surface area contributed by atoms with Gasteiger partial charge in [-0.25, -0.2) is 4.79 Å². The first-order valence-electron chi connectivity index (χ1n) is 8.48. The highest BCUT2D eigenvalue weighted by atomic mass is 16.6. The van der Waals surface area contributed by atoms with E-state index in [4.69, 9.17) is 9.47 Å². The summed E-state index contributed by atoms with van der Waals surface area (Å²) in [5.74, 6) is 0.162. The zero-order chi connectivity index (χ0) is 17.6. The van der Waals surface area contributed by atoms with Gasteiger partial charge in [0.15, 0.2) is 0 Å². The average Bonchev–Trinajstić information content (AvgIpc) is 2.52. The fraction of sp³-hybridized carbons (Fsp3) is 0.579. The van der Waals surface area contributed by atoms with E-state index in [9.17, 15) is 9.59 Å². The second-order valence-electron chi connectivity index (χ2n) is 7.15. The molecule has 1 amide bonds. The zero-order valence-corrected chi connectivity index (χ0v) is 14.8. The van der Waals surface area contributed by atoms with Crippen molar-refractivity contribution in [2.24, 2.45) is 0 Å². The van der Waals surface area contributed by atoms with Crippen LogP contribution in [0.4, 0.5) is 4.79 Å². The Labute approximate surface area is 143 Å². The average molecular weight is 333 g/mol. The SMILES string of the molecule is CC(C)(C)OC(=O)N1CCOC(CC(=O)CCc2ccccc2)C1. The summed E-state index contributed by atoms with van der Waals surface area (Å²) in [7, 11) is 0. The minimum atomic E-state index is -0.517. The molecule has 0 spiro atoms. The predicted molar refractivity (Wildman–Crippen MR) is 91.9 cm³/mol. The van der Waals surface area contributed by atoms with E-state index in [0.717, 1.165) is 12.0 Å². The third-order valence-corrected chi connectivity index (χ3v) is 3.78. The van der Waals surface area contributed by atoms with E-state index in [1.807, 2.05) is 51.1 Å². The van der Waals surface area contributed by atoms with E-state index < -0.39 is 5.60 Å². The first-order chi connectivity index (χ1) is 11.3. The van der Waals surface area contributed by atoms with Crippen LogP contribution in [0.25, 0.3) is 0 Å². The van der Waals surface area contributed by atoms with E-state index in [-0.39, 0.29) is 18.0 Å². The smallest absolute Gasteiger partial charge is 0.410 e. The van der Waals surface area contributed by atoms with Crippen LogP contribution in [0.3, 0.4) is 0 Å². The molecule has 1 heterocycles. The normalized spacial score (nSPS) is 18.3. The Morgan fingerprint density at radius 2 is 1.96 bits per heavy atom. The molecule has 24 heavy (non-hydrogen) atoms. The molecule has 1 saturated heterocycles. The van der Waals surface area contributed by atoms with Crippen molar-refractivity contribution in [2.75, 3.05) is 19.7 Å². The highest BCUT2D eigenvalue weighted by molar-refractivity contribution is 5.79. The Kier molecular flexibility index (Phi) is 6.37. The summed E-state index contributed by atoms with van der Waals surface area (Å²) >= 11 is 0. The molecule has 0 bridgehead atoms. The van der Waals surface area contributed by atoms with Gasteiger partial charge in [-0.15, -0.1) is 0 Å². The standard InChI is InChI=1S/C19H27NO4/c1-19(2,3)24-18(22)20-11-12-23-17(14-20)13-16(21)10-9-15-7-5-4-6-8-15/h4-8,17H,9-14H2,1-3H3. The van der Waals surface area contributed by atoms with Crippen LogP contribution in [-0.2, 0) is 20.7 Å². The lowest BCUT2D eigenvalue weighted by Gasteiger charge is -2.34. The summed E-state index contributed by atoms with van der Waals surface area (Å²) in [6, 6.07) is 9.96. The van der Waals surface area contributed by atoms with Gasteiger partial charge in [-0.3, -0.25) is 4.79 Å². The minimum Gasteiger partial charge on any atom is -0.444 e. The number of rotatable bonds is 5. The largest absolute Gasteiger partial charge is 0.444 e. The molecule has 0 aliphatic carbocycles. The van der Waals surface area contributed by atoms with Crippen molar-refractivity contribution < 1.29 is 19.1 Å². The molecule has 1 atom stereocenters. The van der Waals surface area contributed by atoms with Crippen LogP contribution in [0.2, 0.25) is 0 Å². The highest BCUT2D eigenvalue weighted by Gasteiger charge is 2.29. The third kappa shape index (κ3) is 6.32. The lowest BCUT2D eigenvalue weighted by Crippen LogP contribution is -2.48. The highest BCUT2D eigenvalue weighted by Crippen LogP contribution is 2.15. The van der Waals surface area contributed by atoms with Crippen LogP contribution >= 0.6 is 0 Å². The molecule has 0 aromatic heterocycles. The number of ether oxygens (including phenoxy) is 2. The molecule has 5 heteroatoms. The molecule has 1 fully saturated rings. The summed E-state index contributed by atoms with van der Waals surface area (Å²) in [6.45, 7) is 6.88. The number of nitrogens with zero attached hydrogens (tertiary/aromatic N) is 1. The van der Waals surface area contributed by atoms with E-state index in [0.29, 0.717) is 32.5 Å². The second-order valence-corrected chi connectivity index (χ2v) is 7.15. The molecule has 1 aliphatic rings. The van der Waals surface area contributed by atoms with Crippen molar-refractivity contribution in [3.8, 4) is 0 Å². The fourth-order valence-corrected chi connectivity index (χ4v) is 2.62. The minimum absolute atomic E-state index is 0.162. The van der Waals surface area contributed by atoms with Crippen LogP contribution in [0.5, 0.6) is 0 Å². The predicted octanol–water partition coefficient (Wildman–Crippen LogP) is 3.21. The van der Waals surface area contributed by atoms with Crippen molar-refractivity contribution >= 4 is 11.9 Å². The first-order valence-corrected chi connectivity index (χ1v) is 8.48. The first kappa shape index (κ1) is 18.5. The Morgan fingerprint density at radius 3 is 2.62 bits per heavy atom. The summed E-state index contributed by atoms with van der Waals surface area (Å²) in [5.41, 5.74) is 0.641. The van der Waals surface area contributed by atoms with Crippen molar-refractivity contribution in [1.29, 1.82) is 0 Å². The molecule has 0 N–H and O–H groups in total. The number of carbonyl (C=O) groups is 2. The van der Waals surface area contributed by atoms with Crippen molar-refractivity contribution in [1.82, 2.24) is 4.90 Å². The van der Waals surface area contributed by atoms with Gasteiger partial charge in [-0.2, -0.15) is 0 Å². The van der Waals surface area contributed by atoms with Gasteiger partial charge in [0.2, 0.25) is 0 Å². The Bertz CT molecular complexity index is 550. The summed E-state index contributed by atoms with van der Waals surface area (Å²) in [4.78, 5) is 25.9. The topological polar surface area (TPSA) is 55.8 Å². The third-order valence-electron chi connectivity index (χ3n) is 3.78. The van der Waals surface area contributed by atoms with Crippen molar-refractivity contribution in [2.45, 2.75) is 51.7 Å². The number of aryl methyl sites for hydroxylation is 1. The number of carbonyl (C=O) groups excluding carboxylic acids is 2. The molecule has 0 radical (unpaired) electrons. The lowest BCUT2D eigenvalue weighted by atomic mass is 10.0. The molecule has 2 rings (SSSR count). The van der Waals surface area contributed by atoms with Gasteiger partial charge in [0.1, 0.15) is 11.4 Å². The monoisotopic (exact) mass is 333 g/mol. The quantitative estimate of drug-likeness (QED) is 0.830. The molecule has 1 aromatic rings. The lowest BCUT2D eigenvalue weighted by molar-refractivity contribution is -0.124. The van der Waals surface area contributed by atoms with Crippen molar-refractivity contribution in [3.63, 3.8) is 0 Å². The molecule has 132 valence electrons. The molecular weight excluding hydrogens is 306 g/mol. The summed E-state index contributed by atoms with van der Waals surface area (Å²) in [6.07, 6.45) is 0.993. The molecule has 1 unspecified atom stereocenters. The van der Waals surface area contributed by atoms with E-state index in [1.54, 1.807) is 4.90 Å². The van der Waals surface area contributed by atoms with Gasteiger partial charge in [-0.1, -0.05) is 30.3 Å². The number of hydrogen-bond donors (Lipinski definition) is 0. The van der Waals surface area contributed by atoms with E-state index >= 15 is 0 Å². The maximum Gasteiger partial charge on any atom is 0.410 e. The van der Waals surface area contributed by atoms with Gasteiger partial charge in [0.25, 0.3) is 0 Å². The number of Topliss-reactive ketones (excluding diaryl/α,β-unsaturated/α-hetero) is 1. The van der Waals surface area contributed by atoms with Gasteiger partial charge in [-0.05, 0) is 32.8 Å². The van der Waals surface area contributed by atoms with Gasteiger partial charge in [0, 0.05) is 19.4 Å². The van der Waals surface area contributed by atoms with Crippen LogP contribution in [0.15, 0.2) is 30.3 Å². The van der Waals surface area contributed by atoms with Gasteiger partial charge in [0.05, 0.1) is 19.3 Å². The van der Waals surface area contributed by atoms with E-state index in [2.05, 4.69) is 0 Å². The fourth-order valence-electron chi connectivity index (χ4n) is 2.62. The molecular formula is C19H27NO4. The molecule has 1 aliphatic heterocycles. The molecule has 5 nitrogen and oxygen atoms in total. The maximum absolute atomic E-state index is 12.2. The summed E-state index contributed by atoms with van der Waals surface area (Å²) < 4.78 is 11.0. The number of amides is 1. The van der Waals surface area contributed by atoms with Crippen LogP contribution in [-0.4, -0.2) is 48.2 Å². The number of hydrogen-bond acceptors (Lipinski definition) is 4. The Hall–Kier alpha value is -1.88. The summed E-state index contributed by atoms with van der Waals surface area (Å²) in [5, 5.41) is 0. The Balaban J connectivity index is 1.77.